The van der Waals surface area contributed by atoms with Crippen molar-refractivity contribution in [3.05, 3.63) is 29.0 Å². The van der Waals surface area contributed by atoms with Crippen molar-refractivity contribution in [1.29, 1.82) is 0 Å². The summed E-state index contributed by atoms with van der Waals surface area (Å²) in [6, 6.07) is 4.61. The molecule has 1 aromatic carbocycles. The van der Waals surface area contributed by atoms with Gasteiger partial charge in [0.2, 0.25) is 0 Å². The molecule has 128 valence electrons. The predicted octanol–water partition coefficient (Wildman–Crippen LogP) is 4.68. The Bertz CT molecular complexity index is 540. The number of carbonyl (C=O) groups is 1. The highest BCUT2D eigenvalue weighted by Crippen LogP contribution is 2.22. The molecular formula is C17H24ClFN2O2. The fourth-order valence-electron chi connectivity index (χ4n) is 2.62. The number of rotatable bonds is 2. The van der Waals surface area contributed by atoms with Crippen LogP contribution in [-0.2, 0) is 4.74 Å². The van der Waals surface area contributed by atoms with Crippen LogP contribution in [0.5, 0.6) is 0 Å². The van der Waals surface area contributed by atoms with Crippen LogP contribution in [0.4, 0.5) is 14.9 Å². The number of nitrogens with one attached hydrogen (secondary N) is 1. The highest BCUT2D eigenvalue weighted by molar-refractivity contribution is 6.30. The maximum absolute atomic E-state index is 13.4. The first-order valence-electron chi connectivity index (χ1n) is 7.93. The van der Waals surface area contributed by atoms with Crippen LogP contribution in [0.15, 0.2) is 18.2 Å². The van der Waals surface area contributed by atoms with Gasteiger partial charge in [-0.2, -0.15) is 0 Å². The maximum Gasteiger partial charge on any atom is 0.410 e. The van der Waals surface area contributed by atoms with E-state index in [1.807, 2.05) is 20.8 Å². The quantitative estimate of drug-likeness (QED) is 0.848. The van der Waals surface area contributed by atoms with Gasteiger partial charge in [-0.3, -0.25) is 0 Å². The van der Waals surface area contributed by atoms with Crippen LogP contribution >= 0.6 is 11.6 Å². The third kappa shape index (κ3) is 5.90. The van der Waals surface area contributed by atoms with E-state index in [1.165, 1.54) is 12.1 Å². The first-order valence-corrected chi connectivity index (χ1v) is 8.31. The Labute approximate surface area is 141 Å². The largest absolute Gasteiger partial charge is 0.444 e. The zero-order chi connectivity index (χ0) is 17.0. The highest BCUT2D eigenvalue weighted by Gasteiger charge is 2.25. The number of hydrogen-bond donors (Lipinski definition) is 1. The lowest BCUT2D eigenvalue weighted by Gasteiger charge is -2.26. The molecule has 4 nitrogen and oxygen atoms in total. The molecule has 1 unspecified atom stereocenters. The molecule has 1 amide bonds. The lowest BCUT2D eigenvalue weighted by Crippen LogP contribution is -2.37. The van der Waals surface area contributed by atoms with Gasteiger partial charge < -0.3 is 15.0 Å². The zero-order valence-corrected chi connectivity index (χ0v) is 14.6. The second-order valence-electron chi connectivity index (χ2n) is 6.90. The summed E-state index contributed by atoms with van der Waals surface area (Å²) in [6.07, 6.45) is 2.30. The minimum Gasteiger partial charge on any atom is -0.444 e. The van der Waals surface area contributed by atoms with Gasteiger partial charge in [0.05, 0.1) is 0 Å². The van der Waals surface area contributed by atoms with Gasteiger partial charge in [0.1, 0.15) is 11.4 Å². The van der Waals surface area contributed by atoms with E-state index in [9.17, 15) is 9.18 Å². The molecule has 0 saturated carbocycles. The number of anilines is 1. The molecule has 0 aromatic heterocycles. The van der Waals surface area contributed by atoms with E-state index in [4.69, 9.17) is 16.3 Å². The molecule has 6 heteroatoms. The number of likely N-dealkylation sites (tertiary alicyclic amines) is 1. The first kappa shape index (κ1) is 17.9. The van der Waals surface area contributed by atoms with Crippen molar-refractivity contribution in [3.63, 3.8) is 0 Å². The molecule has 1 fully saturated rings. The van der Waals surface area contributed by atoms with E-state index >= 15 is 0 Å². The van der Waals surface area contributed by atoms with E-state index in [-0.39, 0.29) is 18.0 Å². The predicted molar refractivity (Wildman–Crippen MR) is 90.5 cm³/mol. The average Bonchev–Trinajstić information content (AvgIpc) is 2.61. The Kier molecular flexibility index (Phi) is 5.74. The summed E-state index contributed by atoms with van der Waals surface area (Å²) >= 11 is 5.88. The van der Waals surface area contributed by atoms with Crippen molar-refractivity contribution in [3.8, 4) is 0 Å². The highest BCUT2D eigenvalue weighted by atomic mass is 35.5. The number of ether oxygens (including phenoxy) is 1. The standard InChI is InChI=1S/C17H24ClFN2O2/c1-17(2,3)23-16(22)21-7-4-5-14(6-8-21)20-15-10-12(18)9-13(19)11-15/h9-11,14,20H,4-8H2,1-3H3. The van der Waals surface area contributed by atoms with Crippen molar-refractivity contribution in [2.45, 2.75) is 51.7 Å². The minimum absolute atomic E-state index is 0.181. The molecular weight excluding hydrogens is 319 g/mol. The van der Waals surface area contributed by atoms with Gasteiger partial charge in [0, 0.05) is 29.8 Å². The molecule has 0 radical (unpaired) electrons. The number of benzene rings is 1. The summed E-state index contributed by atoms with van der Waals surface area (Å²) in [4.78, 5) is 13.9. The van der Waals surface area contributed by atoms with Crippen LogP contribution in [0, 0.1) is 5.82 Å². The van der Waals surface area contributed by atoms with Gasteiger partial charge in [-0.05, 0) is 58.2 Å². The second kappa shape index (κ2) is 7.39. The molecule has 1 aliphatic heterocycles. The smallest absolute Gasteiger partial charge is 0.410 e. The van der Waals surface area contributed by atoms with Crippen molar-refractivity contribution >= 4 is 23.4 Å². The topological polar surface area (TPSA) is 41.6 Å². The number of amides is 1. The van der Waals surface area contributed by atoms with E-state index < -0.39 is 5.60 Å². The van der Waals surface area contributed by atoms with Crippen LogP contribution in [0.2, 0.25) is 5.02 Å². The van der Waals surface area contributed by atoms with Crippen LogP contribution in [0.25, 0.3) is 0 Å². The zero-order valence-electron chi connectivity index (χ0n) is 13.9. The fraction of sp³-hybridized carbons (Fsp3) is 0.588. The summed E-state index contributed by atoms with van der Waals surface area (Å²) < 4.78 is 18.8. The van der Waals surface area contributed by atoms with Crippen LogP contribution < -0.4 is 5.32 Å². The van der Waals surface area contributed by atoms with Crippen LogP contribution in [0.1, 0.15) is 40.0 Å². The lowest BCUT2D eigenvalue weighted by molar-refractivity contribution is 0.0256. The molecule has 1 heterocycles. The summed E-state index contributed by atoms with van der Waals surface area (Å²) in [6.45, 7) is 6.88. The number of nitrogens with zero attached hydrogens (tertiary/aromatic N) is 1. The monoisotopic (exact) mass is 342 g/mol. The normalized spacial score (nSPS) is 19.2. The molecule has 1 aliphatic rings. The van der Waals surface area contributed by atoms with E-state index in [0.717, 1.165) is 19.3 Å². The van der Waals surface area contributed by atoms with Crippen molar-refractivity contribution < 1.29 is 13.9 Å². The molecule has 1 saturated heterocycles. The Hall–Kier alpha value is -1.49. The third-order valence-corrected chi connectivity index (χ3v) is 3.83. The van der Waals surface area contributed by atoms with Crippen LogP contribution in [0.3, 0.4) is 0 Å². The molecule has 1 aromatic rings. The molecule has 1 N–H and O–H groups in total. The average molecular weight is 343 g/mol. The Morgan fingerprint density at radius 1 is 1.30 bits per heavy atom. The summed E-state index contributed by atoms with van der Waals surface area (Å²) in [7, 11) is 0. The summed E-state index contributed by atoms with van der Waals surface area (Å²) in [5.41, 5.74) is 0.185. The van der Waals surface area contributed by atoms with Gasteiger partial charge >= 0.3 is 6.09 Å². The summed E-state index contributed by atoms with van der Waals surface area (Å²) in [5.74, 6) is -0.357. The van der Waals surface area contributed by atoms with Crippen molar-refractivity contribution in [2.24, 2.45) is 0 Å². The van der Waals surface area contributed by atoms with Crippen LogP contribution in [-0.4, -0.2) is 35.7 Å². The molecule has 0 spiro atoms. The molecule has 0 bridgehead atoms. The Morgan fingerprint density at radius 3 is 2.70 bits per heavy atom. The Balaban J connectivity index is 1.92. The number of hydrogen-bond acceptors (Lipinski definition) is 3. The number of halogens is 2. The molecule has 2 rings (SSSR count). The molecule has 1 atom stereocenters. The fourth-order valence-corrected chi connectivity index (χ4v) is 2.84. The SMILES string of the molecule is CC(C)(C)OC(=O)N1CCCC(Nc2cc(F)cc(Cl)c2)CC1. The third-order valence-electron chi connectivity index (χ3n) is 3.61. The lowest BCUT2D eigenvalue weighted by atomic mass is 10.1. The first-order chi connectivity index (χ1) is 10.7. The second-order valence-corrected chi connectivity index (χ2v) is 7.33. The van der Waals surface area contributed by atoms with Gasteiger partial charge in [0.25, 0.3) is 0 Å². The minimum atomic E-state index is -0.487. The molecule has 23 heavy (non-hydrogen) atoms. The number of carbonyl (C=O) groups excluding carboxylic acids is 1. The summed E-state index contributed by atoms with van der Waals surface area (Å²) in [5, 5.41) is 3.68. The van der Waals surface area contributed by atoms with E-state index in [1.54, 1.807) is 11.0 Å². The van der Waals surface area contributed by atoms with Gasteiger partial charge in [-0.1, -0.05) is 11.6 Å². The van der Waals surface area contributed by atoms with E-state index in [2.05, 4.69) is 5.32 Å². The maximum atomic E-state index is 13.4. The van der Waals surface area contributed by atoms with Gasteiger partial charge in [-0.15, -0.1) is 0 Å². The van der Waals surface area contributed by atoms with Gasteiger partial charge in [-0.25, -0.2) is 9.18 Å². The van der Waals surface area contributed by atoms with Gasteiger partial charge in [0.15, 0.2) is 0 Å². The van der Waals surface area contributed by atoms with Crippen molar-refractivity contribution in [1.82, 2.24) is 4.90 Å². The van der Waals surface area contributed by atoms with E-state index in [0.29, 0.717) is 23.8 Å². The molecule has 0 aliphatic carbocycles. The van der Waals surface area contributed by atoms with Crippen molar-refractivity contribution in [2.75, 3.05) is 18.4 Å². The Morgan fingerprint density at radius 2 is 2.04 bits per heavy atom.